The summed E-state index contributed by atoms with van der Waals surface area (Å²) in [7, 11) is 0. The molecule has 1 saturated heterocycles. The zero-order chi connectivity index (χ0) is 16.5. The molecule has 7 nitrogen and oxygen atoms in total. The summed E-state index contributed by atoms with van der Waals surface area (Å²) in [6.45, 7) is 4.63. The van der Waals surface area contributed by atoms with Crippen molar-refractivity contribution in [1.29, 1.82) is 0 Å². The van der Waals surface area contributed by atoms with E-state index in [1.165, 1.54) is 4.90 Å². The van der Waals surface area contributed by atoms with Crippen molar-refractivity contribution in [3.63, 3.8) is 0 Å². The molecular weight excluding hydrogens is 298 g/mol. The van der Waals surface area contributed by atoms with Gasteiger partial charge in [0.15, 0.2) is 0 Å². The number of hydrogen-bond donors (Lipinski definition) is 3. The Hall–Kier alpha value is -2.12. The molecule has 7 heteroatoms. The molecule has 2 rings (SSSR count). The van der Waals surface area contributed by atoms with Crippen molar-refractivity contribution < 1.29 is 24.3 Å². The fourth-order valence-corrected chi connectivity index (χ4v) is 2.52. The number of hydrogen-bond acceptors (Lipinski definition) is 4. The van der Waals surface area contributed by atoms with Crippen molar-refractivity contribution in [1.82, 2.24) is 10.6 Å². The van der Waals surface area contributed by atoms with E-state index in [9.17, 15) is 14.7 Å². The van der Waals surface area contributed by atoms with Crippen LogP contribution in [0.1, 0.15) is 5.56 Å². The largest absolute Gasteiger partial charge is 0.548 e. The highest BCUT2D eigenvalue weighted by Crippen LogP contribution is 2.02. The maximum Gasteiger partial charge on any atom is 0.315 e. The molecule has 1 fully saturated rings. The van der Waals surface area contributed by atoms with Gasteiger partial charge in [-0.15, -0.1) is 0 Å². The third-order valence-electron chi connectivity index (χ3n) is 3.84. The molecule has 0 spiro atoms. The van der Waals surface area contributed by atoms with Gasteiger partial charge >= 0.3 is 6.03 Å². The van der Waals surface area contributed by atoms with Crippen LogP contribution in [0, 0.1) is 0 Å². The van der Waals surface area contributed by atoms with Gasteiger partial charge in [-0.05, 0) is 12.0 Å². The molecule has 126 valence electrons. The number of amides is 2. The number of morpholine rings is 1. The summed E-state index contributed by atoms with van der Waals surface area (Å²) >= 11 is 0. The molecule has 1 aliphatic rings. The summed E-state index contributed by atoms with van der Waals surface area (Å²) in [5.74, 6) is -1.29. The summed E-state index contributed by atoms with van der Waals surface area (Å²) in [6, 6.07) is 7.61. The Bertz CT molecular complexity index is 503. The lowest BCUT2D eigenvalue weighted by molar-refractivity contribution is -0.906. The third-order valence-corrected chi connectivity index (χ3v) is 3.84. The standard InChI is InChI=1S/C16H23N3O4/c20-15(21)14(12-13-4-2-1-3-5-13)18-16(22)17-6-7-19-8-10-23-11-9-19/h1-5,14H,6-12H2,(H,20,21)(H2,17,18,22)/t14-/m0/s1. The van der Waals surface area contributed by atoms with E-state index in [0.717, 1.165) is 38.4 Å². The van der Waals surface area contributed by atoms with Crippen LogP contribution in [0.5, 0.6) is 0 Å². The van der Waals surface area contributed by atoms with Crippen LogP contribution >= 0.6 is 0 Å². The minimum Gasteiger partial charge on any atom is -0.548 e. The lowest BCUT2D eigenvalue weighted by atomic mass is 10.1. The van der Waals surface area contributed by atoms with Crippen LogP contribution in [0.4, 0.5) is 4.79 Å². The molecule has 1 heterocycles. The van der Waals surface area contributed by atoms with E-state index in [0.29, 0.717) is 6.54 Å². The summed E-state index contributed by atoms with van der Waals surface area (Å²) in [4.78, 5) is 24.4. The van der Waals surface area contributed by atoms with Gasteiger partial charge in [-0.25, -0.2) is 4.79 Å². The topological polar surface area (TPSA) is 94.9 Å². The van der Waals surface area contributed by atoms with Crippen LogP contribution in [0.2, 0.25) is 0 Å². The van der Waals surface area contributed by atoms with Gasteiger partial charge in [0.25, 0.3) is 0 Å². The van der Waals surface area contributed by atoms with Gasteiger partial charge in [-0.1, -0.05) is 30.3 Å². The Morgan fingerprint density at radius 3 is 2.57 bits per heavy atom. The molecule has 0 saturated carbocycles. The normalized spacial score (nSPS) is 16.5. The van der Waals surface area contributed by atoms with E-state index in [-0.39, 0.29) is 6.42 Å². The van der Waals surface area contributed by atoms with E-state index in [2.05, 4.69) is 10.6 Å². The molecule has 0 aliphatic carbocycles. The zero-order valence-corrected chi connectivity index (χ0v) is 13.0. The van der Waals surface area contributed by atoms with E-state index < -0.39 is 18.0 Å². The van der Waals surface area contributed by atoms with Crippen LogP contribution in [0.3, 0.4) is 0 Å². The number of rotatable bonds is 7. The predicted molar refractivity (Wildman–Crippen MR) is 81.9 cm³/mol. The minimum absolute atomic E-state index is 0.200. The summed E-state index contributed by atoms with van der Waals surface area (Å²) in [5, 5.41) is 16.3. The second-order valence-electron chi connectivity index (χ2n) is 5.57. The first kappa shape index (κ1) is 17.2. The molecule has 1 aromatic carbocycles. The molecular formula is C16H23N3O4. The second kappa shape index (κ2) is 9.12. The Morgan fingerprint density at radius 2 is 1.91 bits per heavy atom. The molecule has 1 aliphatic heterocycles. The van der Waals surface area contributed by atoms with Gasteiger partial charge in [0.1, 0.15) is 13.1 Å². The Labute approximate surface area is 135 Å². The number of aliphatic carboxylic acids is 1. The number of carbonyl (C=O) groups is 2. The summed E-state index contributed by atoms with van der Waals surface area (Å²) in [5.41, 5.74) is 0.833. The van der Waals surface area contributed by atoms with E-state index >= 15 is 0 Å². The SMILES string of the molecule is O=C(NCC[NH+]1CCOCC1)N[C@@H](Cc1ccccc1)C(=O)[O-]. The molecule has 23 heavy (non-hydrogen) atoms. The summed E-state index contributed by atoms with van der Waals surface area (Å²) < 4.78 is 5.27. The first-order valence-corrected chi connectivity index (χ1v) is 7.85. The van der Waals surface area contributed by atoms with Gasteiger partial charge in [-0.2, -0.15) is 0 Å². The molecule has 0 bridgehead atoms. The number of benzene rings is 1. The third kappa shape index (κ3) is 6.25. The first-order valence-electron chi connectivity index (χ1n) is 7.85. The van der Waals surface area contributed by atoms with Crippen LogP contribution in [0.15, 0.2) is 30.3 Å². The van der Waals surface area contributed by atoms with Crippen molar-refractivity contribution in [3.8, 4) is 0 Å². The highest BCUT2D eigenvalue weighted by molar-refractivity contribution is 5.81. The van der Waals surface area contributed by atoms with Crippen molar-refractivity contribution in [3.05, 3.63) is 35.9 Å². The highest BCUT2D eigenvalue weighted by atomic mass is 16.5. The van der Waals surface area contributed by atoms with Crippen LogP contribution in [-0.2, 0) is 16.0 Å². The van der Waals surface area contributed by atoms with Crippen LogP contribution in [-0.4, -0.2) is 57.4 Å². The highest BCUT2D eigenvalue weighted by Gasteiger charge is 2.16. The van der Waals surface area contributed by atoms with Crippen LogP contribution < -0.4 is 20.6 Å². The van der Waals surface area contributed by atoms with Gasteiger partial charge in [0.2, 0.25) is 0 Å². The molecule has 0 radical (unpaired) electrons. The summed E-state index contributed by atoms with van der Waals surface area (Å²) in [6.07, 6.45) is 0.200. The first-order chi connectivity index (χ1) is 11.1. The van der Waals surface area contributed by atoms with Crippen molar-refractivity contribution >= 4 is 12.0 Å². The number of nitrogens with one attached hydrogen (secondary N) is 3. The van der Waals surface area contributed by atoms with Crippen molar-refractivity contribution in [2.45, 2.75) is 12.5 Å². The molecule has 0 aromatic heterocycles. The second-order valence-corrected chi connectivity index (χ2v) is 5.57. The Balaban J connectivity index is 1.73. The van der Waals surface area contributed by atoms with E-state index in [1.54, 1.807) is 0 Å². The van der Waals surface area contributed by atoms with Crippen molar-refractivity contribution in [2.24, 2.45) is 0 Å². The zero-order valence-electron chi connectivity index (χ0n) is 13.0. The fourth-order valence-electron chi connectivity index (χ4n) is 2.52. The number of urea groups is 1. The molecule has 1 aromatic rings. The van der Waals surface area contributed by atoms with Crippen LogP contribution in [0.25, 0.3) is 0 Å². The monoisotopic (exact) mass is 321 g/mol. The van der Waals surface area contributed by atoms with Gasteiger partial charge in [0, 0.05) is 0 Å². The maximum absolute atomic E-state index is 11.8. The average molecular weight is 321 g/mol. The Morgan fingerprint density at radius 1 is 1.22 bits per heavy atom. The predicted octanol–water partition coefficient (Wildman–Crippen LogP) is -2.44. The van der Waals surface area contributed by atoms with Crippen molar-refractivity contribution in [2.75, 3.05) is 39.4 Å². The van der Waals surface area contributed by atoms with E-state index in [4.69, 9.17) is 4.74 Å². The minimum atomic E-state index is -1.29. The van der Waals surface area contributed by atoms with Gasteiger partial charge < -0.3 is 30.2 Å². The fraction of sp³-hybridized carbons (Fsp3) is 0.500. The number of carbonyl (C=O) groups excluding carboxylic acids is 2. The molecule has 1 atom stereocenters. The lowest BCUT2D eigenvalue weighted by Crippen LogP contribution is -3.14. The van der Waals surface area contributed by atoms with E-state index in [1.807, 2.05) is 30.3 Å². The Kier molecular flexibility index (Phi) is 6.83. The number of quaternary nitrogens is 1. The molecule has 3 N–H and O–H groups in total. The molecule has 2 amide bonds. The quantitative estimate of drug-likeness (QED) is 0.520. The number of carboxylic acids is 1. The molecule has 0 unspecified atom stereocenters. The van der Waals surface area contributed by atoms with Gasteiger partial charge in [0.05, 0.1) is 38.3 Å². The maximum atomic E-state index is 11.8. The number of ether oxygens (including phenoxy) is 1. The average Bonchev–Trinajstić information content (AvgIpc) is 2.56. The van der Waals surface area contributed by atoms with Gasteiger partial charge in [-0.3, -0.25) is 0 Å². The number of carboxylic acid groups (broad SMARTS) is 1. The lowest BCUT2D eigenvalue weighted by Gasteiger charge is -2.24. The smallest absolute Gasteiger partial charge is 0.315 e.